The van der Waals surface area contributed by atoms with Crippen LogP contribution in [0.2, 0.25) is 0 Å². The van der Waals surface area contributed by atoms with Gasteiger partial charge in [-0.25, -0.2) is 9.78 Å². The maximum absolute atomic E-state index is 11.5. The van der Waals surface area contributed by atoms with Crippen LogP contribution in [0, 0.1) is 0 Å². The molecule has 6 nitrogen and oxygen atoms in total. The molecule has 1 unspecified atom stereocenters. The molecule has 0 radical (unpaired) electrons. The lowest BCUT2D eigenvalue weighted by molar-refractivity contribution is 0.0691. The number of aromatic nitrogens is 1. The van der Waals surface area contributed by atoms with Crippen molar-refractivity contribution in [3.63, 3.8) is 0 Å². The molecule has 1 aromatic heterocycles. The molecule has 0 aliphatic carbocycles. The zero-order chi connectivity index (χ0) is 12.1. The lowest BCUT2D eigenvalue weighted by atomic mass is 10.4. The van der Waals surface area contributed by atoms with Crippen LogP contribution in [0.15, 0.2) is 5.38 Å². The summed E-state index contributed by atoms with van der Waals surface area (Å²) in [5.41, 5.74) is -0.116. The molecule has 0 saturated heterocycles. The number of hydrogen-bond acceptors (Lipinski definition) is 5. The standard InChI is InChI=1S/C9H12N2O4S/c1-5(15-2)3-10-7(12)8-11-6(4-16-8)9(13)14/h4-5H,3H2,1-2H3,(H,10,12)(H,13,14). The monoisotopic (exact) mass is 244 g/mol. The van der Waals surface area contributed by atoms with Gasteiger partial charge in [0.2, 0.25) is 0 Å². The van der Waals surface area contributed by atoms with E-state index in [2.05, 4.69) is 10.3 Å². The molecule has 0 saturated carbocycles. The predicted molar refractivity (Wildman–Crippen MR) is 57.9 cm³/mol. The molecule has 0 aromatic carbocycles. The smallest absolute Gasteiger partial charge is 0.355 e. The average molecular weight is 244 g/mol. The van der Waals surface area contributed by atoms with E-state index in [-0.39, 0.29) is 22.7 Å². The van der Waals surface area contributed by atoms with E-state index >= 15 is 0 Å². The first-order valence-corrected chi connectivity index (χ1v) is 5.42. The van der Waals surface area contributed by atoms with Crippen molar-refractivity contribution in [2.75, 3.05) is 13.7 Å². The average Bonchev–Trinajstić information content (AvgIpc) is 2.74. The van der Waals surface area contributed by atoms with Gasteiger partial charge < -0.3 is 15.2 Å². The quantitative estimate of drug-likeness (QED) is 0.792. The Balaban J connectivity index is 2.56. The van der Waals surface area contributed by atoms with Crippen molar-refractivity contribution < 1.29 is 19.4 Å². The molecule has 0 aliphatic heterocycles. The van der Waals surface area contributed by atoms with Crippen molar-refractivity contribution in [2.24, 2.45) is 0 Å². The Labute approximate surface area is 96.3 Å². The Bertz CT molecular complexity index is 391. The summed E-state index contributed by atoms with van der Waals surface area (Å²) in [6, 6.07) is 0. The second kappa shape index (κ2) is 5.57. The van der Waals surface area contributed by atoms with Crippen molar-refractivity contribution in [3.05, 3.63) is 16.1 Å². The number of ether oxygens (including phenoxy) is 1. The number of carboxylic acids is 1. The summed E-state index contributed by atoms with van der Waals surface area (Å²) in [5, 5.41) is 12.7. The number of rotatable bonds is 5. The summed E-state index contributed by atoms with van der Waals surface area (Å²) in [6.45, 7) is 2.17. The molecule has 1 amide bonds. The summed E-state index contributed by atoms with van der Waals surface area (Å²) >= 11 is 1.00. The highest BCUT2D eigenvalue weighted by molar-refractivity contribution is 7.11. The van der Waals surface area contributed by atoms with Crippen molar-refractivity contribution in [1.29, 1.82) is 0 Å². The first kappa shape index (κ1) is 12.6. The van der Waals surface area contributed by atoms with Crippen molar-refractivity contribution in [3.8, 4) is 0 Å². The van der Waals surface area contributed by atoms with Crippen LogP contribution in [0.3, 0.4) is 0 Å². The van der Waals surface area contributed by atoms with Gasteiger partial charge in [0.1, 0.15) is 0 Å². The number of nitrogens with zero attached hydrogens (tertiary/aromatic N) is 1. The lowest BCUT2D eigenvalue weighted by Crippen LogP contribution is -2.31. The summed E-state index contributed by atoms with van der Waals surface area (Å²) in [7, 11) is 1.54. The minimum atomic E-state index is -1.14. The Morgan fingerprint density at radius 3 is 2.88 bits per heavy atom. The Morgan fingerprint density at radius 1 is 1.69 bits per heavy atom. The lowest BCUT2D eigenvalue weighted by Gasteiger charge is -2.09. The number of amides is 1. The van der Waals surface area contributed by atoms with E-state index in [1.807, 2.05) is 6.92 Å². The van der Waals surface area contributed by atoms with Crippen LogP contribution >= 0.6 is 11.3 Å². The number of carbonyl (C=O) groups is 2. The van der Waals surface area contributed by atoms with Crippen LogP contribution in [0.5, 0.6) is 0 Å². The van der Waals surface area contributed by atoms with Gasteiger partial charge in [0, 0.05) is 19.0 Å². The summed E-state index contributed by atoms with van der Waals surface area (Å²) in [4.78, 5) is 25.7. The molecule has 0 fully saturated rings. The van der Waals surface area contributed by atoms with E-state index in [9.17, 15) is 9.59 Å². The third-order valence-electron chi connectivity index (χ3n) is 1.87. The van der Waals surface area contributed by atoms with Crippen molar-refractivity contribution in [2.45, 2.75) is 13.0 Å². The van der Waals surface area contributed by atoms with Gasteiger partial charge in [0.25, 0.3) is 5.91 Å². The molecule has 0 aliphatic rings. The van der Waals surface area contributed by atoms with E-state index in [0.29, 0.717) is 6.54 Å². The fraction of sp³-hybridized carbons (Fsp3) is 0.444. The maximum Gasteiger partial charge on any atom is 0.355 e. The van der Waals surface area contributed by atoms with Gasteiger partial charge in [-0.3, -0.25) is 4.79 Å². The van der Waals surface area contributed by atoms with Crippen molar-refractivity contribution in [1.82, 2.24) is 10.3 Å². The number of carbonyl (C=O) groups excluding carboxylic acids is 1. The molecule has 1 atom stereocenters. The number of aromatic carboxylic acids is 1. The van der Waals surface area contributed by atoms with Crippen LogP contribution in [0.1, 0.15) is 27.2 Å². The molecule has 7 heteroatoms. The fourth-order valence-electron chi connectivity index (χ4n) is 0.872. The molecule has 1 aromatic rings. The van der Waals surface area contributed by atoms with Gasteiger partial charge in [-0.2, -0.15) is 0 Å². The normalized spacial score (nSPS) is 12.1. The molecule has 1 heterocycles. The molecule has 16 heavy (non-hydrogen) atoms. The van der Waals surface area contributed by atoms with Crippen LogP contribution in [0.4, 0.5) is 0 Å². The molecule has 1 rings (SSSR count). The second-order valence-electron chi connectivity index (χ2n) is 3.10. The molecule has 0 bridgehead atoms. The molecular formula is C9H12N2O4S. The zero-order valence-corrected chi connectivity index (χ0v) is 9.71. The van der Waals surface area contributed by atoms with Crippen molar-refractivity contribution >= 4 is 23.2 Å². The van der Waals surface area contributed by atoms with Gasteiger partial charge in [-0.15, -0.1) is 11.3 Å². The topological polar surface area (TPSA) is 88.5 Å². The fourth-order valence-corrected chi connectivity index (χ4v) is 1.58. The minimum absolute atomic E-state index is 0.0946. The Hall–Kier alpha value is -1.47. The highest BCUT2D eigenvalue weighted by Gasteiger charge is 2.14. The maximum atomic E-state index is 11.5. The number of carboxylic acid groups (broad SMARTS) is 1. The van der Waals surface area contributed by atoms with Crippen LogP contribution in [-0.2, 0) is 4.74 Å². The highest BCUT2D eigenvalue weighted by Crippen LogP contribution is 2.09. The first-order valence-electron chi connectivity index (χ1n) is 4.54. The van der Waals surface area contributed by atoms with Gasteiger partial charge >= 0.3 is 5.97 Å². The van der Waals surface area contributed by atoms with Crippen LogP contribution in [-0.4, -0.2) is 41.7 Å². The number of methoxy groups -OCH3 is 1. The largest absolute Gasteiger partial charge is 0.476 e. The zero-order valence-electron chi connectivity index (χ0n) is 8.89. The minimum Gasteiger partial charge on any atom is -0.476 e. The molecular weight excluding hydrogens is 232 g/mol. The summed E-state index contributed by atoms with van der Waals surface area (Å²) in [5.74, 6) is -1.53. The van der Waals surface area contributed by atoms with E-state index in [4.69, 9.17) is 9.84 Å². The highest BCUT2D eigenvalue weighted by atomic mass is 32.1. The van der Waals surface area contributed by atoms with Crippen LogP contribution < -0.4 is 5.32 Å². The van der Waals surface area contributed by atoms with E-state index in [1.165, 1.54) is 5.38 Å². The third kappa shape index (κ3) is 3.28. The summed E-state index contributed by atoms with van der Waals surface area (Å²) < 4.78 is 4.95. The van der Waals surface area contributed by atoms with E-state index < -0.39 is 5.97 Å². The second-order valence-corrected chi connectivity index (χ2v) is 3.96. The van der Waals surface area contributed by atoms with Gasteiger partial charge in [-0.05, 0) is 6.92 Å². The van der Waals surface area contributed by atoms with Gasteiger partial charge in [0.05, 0.1) is 6.10 Å². The van der Waals surface area contributed by atoms with Gasteiger partial charge in [0.15, 0.2) is 10.7 Å². The number of thiazole rings is 1. The molecule has 88 valence electrons. The number of hydrogen-bond donors (Lipinski definition) is 2. The Morgan fingerprint density at radius 2 is 2.38 bits per heavy atom. The Kier molecular flexibility index (Phi) is 4.39. The van der Waals surface area contributed by atoms with Gasteiger partial charge in [-0.1, -0.05) is 0 Å². The SMILES string of the molecule is COC(C)CNC(=O)c1nc(C(=O)O)cs1. The number of nitrogens with one attached hydrogen (secondary N) is 1. The summed E-state index contributed by atoms with van der Waals surface area (Å²) in [6.07, 6.45) is -0.0946. The molecule has 2 N–H and O–H groups in total. The molecule has 0 spiro atoms. The third-order valence-corrected chi connectivity index (χ3v) is 2.71. The predicted octanol–water partition coefficient (Wildman–Crippen LogP) is 0.606. The first-order chi connectivity index (χ1) is 7.54. The van der Waals surface area contributed by atoms with E-state index in [0.717, 1.165) is 11.3 Å². The van der Waals surface area contributed by atoms with Crippen LogP contribution in [0.25, 0.3) is 0 Å². The van der Waals surface area contributed by atoms with E-state index in [1.54, 1.807) is 7.11 Å².